The van der Waals surface area contributed by atoms with Crippen molar-refractivity contribution >= 4 is 45.9 Å². The number of furan rings is 1. The number of carbonyl (C=O) groups excluding carboxylic acids is 1. The van der Waals surface area contributed by atoms with Crippen molar-refractivity contribution in [2.24, 2.45) is 0 Å². The standard InChI is InChI=1S/C18H19BrClNO4.ClH/c1-2-23-17(22)11-21-8-6-14(12-7-9-24-16(12)10-21)25-15-5-3-4-13(19)18(15)20;/h3-5,7,9,14H,2,6,8,10-11H2,1H3;1H. The minimum absolute atomic E-state index is 0. The number of rotatable bonds is 5. The summed E-state index contributed by atoms with van der Waals surface area (Å²) in [6.45, 7) is 3.66. The molecule has 0 radical (unpaired) electrons. The molecule has 0 saturated carbocycles. The van der Waals surface area contributed by atoms with Gasteiger partial charge in [-0.05, 0) is 41.1 Å². The van der Waals surface area contributed by atoms with E-state index < -0.39 is 0 Å². The lowest BCUT2D eigenvalue weighted by Crippen LogP contribution is -2.31. The van der Waals surface area contributed by atoms with E-state index in [1.165, 1.54) is 0 Å². The molecule has 0 saturated heterocycles. The van der Waals surface area contributed by atoms with Crippen molar-refractivity contribution in [1.29, 1.82) is 0 Å². The molecule has 1 unspecified atom stereocenters. The van der Waals surface area contributed by atoms with Gasteiger partial charge in [0.25, 0.3) is 0 Å². The van der Waals surface area contributed by atoms with E-state index in [9.17, 15) is 4.79 Å². The van der Waals surface area contributed by atoms with Crippen LogP contribution in [0.5, 0.6) is 5.75 Å². The molecule has 2 aromatic rings. The van der Waals surface area contributed by atoms with E-state index in [0.29, 0.717) is 30.5 Å². The summed E-state index contributed by atoms with van der Waals surface area (Å²) in [7, 11) is 0. The number of fused-ring (bicyclic) bond motifs is 1. The molecule has 26 heavy (non-hydrogen) atoms. The van der Waals surface area contributed by atoms with E-state index >= 15 is 0 Å². The van der Waals surface area contributed by atoms with Gasteiger partial charge >= 0.3 is 5.97 Å². The molecule has 1 atom stereocenters. The van der Waals surface area contributed by atoms with Gasteiger partial charge in [0.2, 0.25) is 0 Å². The number of hydrogen-bond acceptors (Lipinski definition) is 5. The van der Waals surface area contributed by atoms with Gasteiger partial charge in [0.05, 0.1) is 31.0 Å². The lowest BCUT2D eigenvalue weighted by atomic mass is 10.1. The first-order chi connectivity index (χ1) is 12.1. The second-order valence-electron chi connectivity index (χ2n) is 5.76. The van der Waals surface area contributed by atoms with Gasteiger partial charge in [0.15, 0.2) is 0 Å². The van der Waals surface area contributed by atoms with Crippen LogP contribution in [0, 0.1) is 0 Å². The fourth-order valence-electron chi connectivity index (χ4n) is 2.88. The Kier molecular flexibility index (Phi) is 7.83. The first-order valence-electron chi connectivity index (χ1n) is 8.13. The lowest BCUT2D eigenvalue weighted by molar-refractivity contribution is -0.144. The molecule has 5 nitrogen and oxygen atoms in total. The van der Waals surface area contributed by atoms with Crippen LogP contribution in [0.3, 0.4) is 0 Å². The fraction of sp³-hybridized carbons (Fsp3) is 0.389. The molecule has 0 spiro atoms. The molecule has 0 aliphatic carbocycles. The van der Waals surface area contributed by atoms with Gasteiger partial charge in [-0.3, -0.25) is 9.69 Å². The third kappa shape index (κ3) is 4.94. The summed E-state index contributed by atoms with van der Waals surface area (Å²) in [5.41, 5.74) is 0.988. The third-order valence-electron chi connectivity index (χ3n) is 4.04. The van der Waals surface area contributed by atoms with Crippen LogP contribution in [-0.4, -0.2) is 30.6 Å². The average molecular weight is 465 g/mol. The largest absolute Gasteiger partial charge is 0.484 e. The number of hydrogen-bond donors (Lipinski definition) is 0. The molecule has 0 N–H and O–H groups in total. The maximum Gasteiger partial charge on any atom is 0.320 e. The molecule has 142 valence electrons. The minimum atomic E-state index is -0.231. The van der Waals surface area contributed by atoms with Gasteiger partial charge < -0.3 is 13.9 Å². The molecule has 2 heterocycles. The van der Waals surface area contributed by atoms with Crippen molar-refractivity contribution in [2.75, 3.05) is 19.7 Å². The summed E-state index contributed by atoms with van der Waals surface area (Å²) < 4.78 is 17.6. The smallest absolute Gasteiger partial charge is 0.320 e. The average Bonchev–Trinajstić information content (AvgIpc) is 2.97. The van der Waals surface area contributed by atoms with Crippen molar-refractivity contribution in [3.63, 3.8) is 0 Å². The van der Waals surface area contributed by atoms with Crippen LogP contribution >= 0.6 is 39.9 Å². The molecular weight excluding hydrogens is 445 g/mol. The number of carbonyl (C=O) groups is 1. The van der Waals surface area contributed by atoms with E-state index in [1.807, 2.05) is 29.2 Å². The van der Waals surface area contributed by atoms with E-state index in [4.69, 9.17) is 25.5 Å². The zero-order valence-electron chi connectivity index (χ0n) is 14.2. The summed E-state index contributed by atoms with van der Waals surface area (Å²) in [6, 6.07) is 7.51. The number of ether oxygens (including phenoxy) is 2. The highest BCUT2D eigenvalue weighted by Crippen LogP contribution is 2.37. The minimum Gasteiger partial charge on any atom is -0.484 e. The van der Waals surface area contributed by atoms with Crippen LogP contribution in [0.2, 0.25) is 5.02 Å². The molecule has 0 bridgehead atoms. The normalized spacial score (nSPS) is 17.0. The van der Waals surface area contributed by atoms with Crippen LogP contribution in [-0.2, 0) is 16.1 Å². The third-order valence-corrected chi connectivity index (χ3v) is 5.32. The summed E-state index contributed by atoms with van der Waals surface area (Å²) in [5.74, 6) is 1.19. The van der Waals surface area contributed by atoms with Crippen LogP contribution in [0.25, 0.3) is 0 Å². The van der Waals surface area contributed by atoms with Crippen molar-refractivity contribution in [3.8, 4) is 5.75 Å². The van der Waals surface area contributed by atoms with Gasteiger partial charge in [0, 0.05) is 23.0 Å². The van der Waals surface area contributed by atoms with E-state index in [2.05, 4.69) is 15.9 Å². The molecule has 1 aliphatic heterocycles. The molecule has 1 aromatic carbocycles. The topological polar surface area (TPSA) is 51.9 Å². The zero-order chi connectivity index (χ0) is 17.8. The zero-order valence-corrected chi connectivity index (χ0v) is 17.4. The predicted octanol–water partition coefficient (Wildman–Crippen LogP) is 5.01. The predicted molar refractivity (Wildman–Crippen MR) is 105 cm³/mol. The SMILES string of the molecule is CCOC(=O)CN1CCC(Oc2cccc(Br)c2Cl)c2ccoc2C1.Cl. The summed E-state index contributed by atoms with van der Waals surface area (Å²) in [5, 5.41) is 0.542. The molecular formula is C18H20BrCl2NO4. The highest BCUT2D eigenvalue weighted by molar-refractivity contribution is 9.10. The van der Waals surface area contributed by atoms with Gasteiger partial charge in [-0.1, -0.05) is 17.7 Å². The van der Waals surface area contributed by atoms with E-state index in [-0.39, 0.29) is 31.0 Å². The Labute approximate surface area is 172 Å². The van der Waals surface area contributed by atoms with Crippen molar-refractivity contribution in [2.45, 2.75) is 26.0 Å². The number of halogens is 3. The van der Waals surface area contributed by atoms with Crippen molar-refractivity contribution in [3.05, 3.63) is 51.3 Å². The maximum atomic E-state index is 11.8. The van der Waals surface area contributed by atoms with Crippen molar-refractivity contribution < 1.29 is 18.7 Å². The number of esters is 1. The quantitative estimate of drug-likeness (QED) is 0.582. The van der Waals surface area contributed by atoms with E-state index in [1.54, 1.807) is 13.2 Å². The molecule has 8 heteroatoms. The second-order valence-corrected chi connectivity index (χ2v) is 6.99. The Morgan fingerprint density at radius 2 is 2.23 bits per heavy atom. The van der Waals surface area contributed by atoms with Crippen LogP contribution in [0.4, 0.5) is 0 Å². The van der Waals surface area contributed by atoms with Gasteiger partial charge in [-0.2, -0.15) is 0 Å². The molecule has 0 amide bonds. The fourth-order valence-corrected chi connectivity index (χ4v) is 3.40. The first kappa shape index (κ1) is 21.1. The van der Waals surface area contributed by atoms with E-state index in [0.717, 1.165) is 22.2 Å². The van der Waals surface area contributed by atoms with Crippen molar-refractivity contribution in [1.82, 2.24) is 4.90 Å². The van der Waals surface area contributed by atoms with Gasteiger partial charge in [0.1, 0.15) is 17.6 Å². The Morgan fingerprint density at radius 1 is 1.42 bits per heavy atom. The van der Waals surface area contributed by atoms with Gasteiger partial charge in [-0.15, -0.1) is 12.4 Å². The Balaban J connectivity index is 0.00000243. The maximum absolute atomic E-state index is 11.8. The summed E-state index contributed by atoms with van der Waals surface area (Å²) >= 11 is 9.73. The summed E-state index contributed by atoms with van der Waals surface area (Å²) in [6.07, 6.45) is 2.18. The van der Waals surface area contributed by atoms with Crippen LogP contribution < -0.4 is 4.74 Å². The first-order valence-corrected chi connectivity index (χ1v) is 9.30. The Bertz CT molecular complexity index is 753. The highest BCUT2D eigenvalue weighted by Gasteiger charge is 2.28. The second kappa shape index (κ2) is 9.65. The Morgan fingerprint density at radius 3 is 3.00 bits per heavy atom. The number of nitrogens with zero attached hydrogens (tertiary/aromatic N) is 1. The van der Waals surface area contributed by atoms with Crippen LogP contribution in [0.15, 0.2) is 39.4 Å². The monoisotopic (exact) mass is 463 g/mol. The lowest BCUT2D eigenvalue weighted by Gasteiger charge is -2.20. The summed E-state index contributed by atoms with van der Waals surface area (Å²) in [4.78, 5) is 13.8. The molecule has 0 fully saturated rings. The molecule has 1 aliphatic rings. The molecule has 3 rings (SSSR count). The van der Waals surface area contributed by atoms with Crippen LogP contribution in [0.1, 0.15) is 30.8 Å². The Hall–Kier alpha value is -1.21. The van der Waals surface area contributed by atoms with Gasteiger partial charge in [-0.25, -0.2) is 0 Å². The number of benzene rings is 1. The highest BCUT2D eigenvalue weighted by atomic mass is 79.9. The molecule has 1 aromatic heterocycles.